The van der Waals surface area contributed by atoms with Crippen LogP contribution in [-0.2, 0) is 11.3 Å². The van der Waals surface area contributed by atoms with Crippen molar-refractivity contribution in [2.45, 2.75) is 45.6 Å². The normalized spacial score (nSPS) is 17.9. The Labute approximate surface area is 123 Å². The molecule has 0 bridgehead atoms. The summed E-state index contributed by atoms with van der Waals surface area (Å²) in [5.74, 6) is 0.00491. The van der Waals surface area contributed by atoms with Crippen LogP contribution in [0.15, 0.2) is 10.8 Å². The van der Waals surface area contributed by atoms with Crippen molar-refractivity contribution in [3.05, 3.63) is 21.9 Å². The maximum atomic E-state index is 12.5. The zero-order valence-corrected chi connectivity index (χ0v) is 12.8. The lowest BCUT2D eigenvalue weighted by molar-refractivity contribution is -0.129. The van der Waals surface area contributed by atoms with Crippen molar-refractivity contribution >= 4 is 34.5 Å². The summed E-state index contributed by atoms with van der Waals surface area (Å²) in [4.78, 5) is 12.8. The molecular formula is C14H20N2OS2. The summed E-state index contributed by atoms with van der Waals surface area (Å²) < 4.78 is 0. The number of hydrogen-bond acceptors (Lipinski definition) is 3. The Kier molecular flexibility index (Phi) is 4.58. The number of thiophene rings is 1. The van der Waals surface area contributed by atoms with Gasteiger partial charge in [-0.05, 0) is 41.7 Å². The van der Waals surface area contributed by atoms with E-state index in [-0.39, 0.29) is 5.91 Å². The van der Waals surface area contributed by atoms with Gasteiger partial charge in [-0.1, -0.05) is 31.5 Å². The summed E-state index contributed by atoms with van der Waals surface area (Å²) in [6.45, 7) is 2.63. The van der Waals surface area contributed by atoms with Crippen LogP contribution in [0.2, 0.25) is 0 Å². The highest BCUT2D eigenvalue weighted by molar-refractivity contribution is 7.80. The van der Waals surface area contributed by atoms with Gasteiger partial charge in [0.25, 0.3) is 0 Å². The quantitative estimate of drug-likeness (QED) is 0.840. The first-order chi connectivity index (χ1) is 9.06. The highest BCUT2D eigenvalue weighted by Crippen LogP contribution is 2.37. The molecule has 2 rings (SSSR count). The monoisotopic (exact) mass is 296 g/mol. The number of aryl methyl sites for hydroxylation is 1. The molecule has 0 aliphatic heterocycles. The predicted octanol–water partition coefficient (Wildman–Crippen LogP) is 2.91. The molecule has 1 heterocycles. The molecule has 1 aliphatic rings. The van der Waals surface area contributed by atoms with Gasteiger partial charge in [0.1, 0.15) is 0 Å². The molecule has 104 valence electrons. The molecule has 1 amide bonds. The van der Waals surface area contributed by atoms with E-state index in [9.17, 15) is 4.79 Å². The van der Waals surface area contributed by atoms with Gasteiger partial charge in [0, 0.05) is 6.54 Å². The average Bonchev–Trinajstić information content (AvgIpc) is 2.82. The van der Waals surface area contributed by atoms with Crippen LogP contribution in [-0.4, -0.2) is 10.9 Å². The molecule has 0 spiro atoms. The zero-order valence-electron chi connectivity index (χ0n) is 11.2. The third kappa shape index (κ3) is 2.98. The van der Waals surface area contributed by atoms with E-state index in [1.807, 2.05) is 0 Å². The number of amides is 1. The van der Waals surface area contributed by atoms with E-state index in [4.69, 9.17) is 18.0 Å². The van der Waals surface area contributed by atoms with Crippen LogP contribution in [0.1, 0.15) is 43.2 Å². The Morgan fingerprint density at radius 2 is 2.11 bits per heavy atom. The first-order valence-electron chi connectivity index (χ1n) is 6.66. The van der Waals surface area contributed by atoms with Crippen LogP contribution in [0.25, 0.3) is 0 Å². The van der Waals surface area contributed by atoms with Crippen LogP contribution < -0.4 is 11.1 Å². The molecule has 0 atom stereocenters. The maximum Gasteiger partial charge on any atom is 0.233 e. The molecule has 1 aromatic heterocycles. The van der Waals surface area contributed by atoms with Crippen molar-refractivity contribution in [1.82, 2.24) is 5.32 Å². The molecule has 3 N–H and O–H groups in total. The van der Waals surface area contributed by atoms with Crippen molar-refractivity contribution in [1.29, 1.82) is 0 Å². The molecule has 0 unspecified atom stereocenters. The fraction of sp³-hybridized carbons (Fsp3) is 0.571. The first-order valence-corrected chi connectivity index (χ1v) is 8.01. The molecule has 1 fully saturated rings. The van der Waals surface area contributed by atoms with Crippen LogP contribution >= 0.6 is 23.6 Å². The van der Waals surface area contributed by atoms with Crippen molar-refractivity contribution < 1.29 is 4.79 Å². The van der Waals surface area contributed by atoms with Gasteiger partial charge < -0.3 is 11.1 Å². The minimum Gasteiger partial charge on any atom is -0.392 e. The van der Waals surface area contributed by atoms with Crippen molar-refractivity contribution in [3.8, 4) is 0 Å². The summed E-state index contributed by atoms with van der Waals surface area (Å²) in [6, 6.07) is 0. The van der Waals surface area contributed by atoms with Gasteiger partial charge in [0.05, 0.1) is 10.4 Å². The SMILES string of the molecule is Cc1cscc1CNC(=O)C1(C(N)=S)CCCCC1. The number of nitrogens with one attached hydrogen (secondary N) is 1. The summed E-state index contributed by atoms with van der Waals surface area (Å²) in [6.07, 6.45) is 4.80. The van der Waals surface area contributed by atoms with E-state index in [1.165, 1.54) is 17.5 Å². The minimum absolute atomic E-state index is 0.00491. The second-order valence-electron chi connectivity index (χ2n) is 5.27. The van der Waals surface area contributed by atoms with Gasteiger partial charge in [0.2, 0.25) is 5.91 Å². The summed E-state index contributed by atoms with van der Waals surface area (Å²) >= 11 is 6.82. The molecule has 1 aromatic rings. The summed E-state index contributed by atoms with van der Waals surface area (Å²) in [5, 5.41) is 7.18. The number of hydrogen-bond donors (Lipinski definition) is 2. The smallest absolute Gasteiger partial charge is 0.233 e. The number of thiocarbonyl (C=S) groups is 1. The van der Waals surface area contributed by atoms with E-state index in [2.05, 4.69) is 23.0 Å². The van der Waals surface area contributed by atoms with Gasteiger partial charge >= 0.3 is 0 Å². The molecular weight excluding hydrogens is 276 g/mol. The molecule has 0 radical (unpaired) electrons. The van der Waals surface area contributed by atoms with Gasteiger partial charge in [-0.15, -0.1) is 0 Å². The van der Waals surface area contributed by atoms with Crippen LogP contribution in [0, 0.1) is 12.3 Å². The summed E-state index contributed by atoms with van der Waals surface area (Å²) in [7, 11) is 0. The second kappa shape index (κ2) is 6.01. The van der Waals surface area contributed by atoms with Crippen molar-refractivity contribution in [2.75, 3.05) is 0 Å². The zero-order chi connectivity index (χ0) is 13.9. The van der Waals surface area contributed by atoms with Crippen LogP contribution in [0.5, 0.6) is 0 Å². The first kappa shape index (κ1) is 14.5. The molecule has 0 aromatic carbocycles. The Morgan fingerprint density at radius 3 is 2.63 bits per heavy atom. The topological polar surface area (TPSA) is 55.1 Å². The average molecular weight is 296 g/mol. The Balaban J connectivity index is 2.04. The van der Waals surface area contributed by atoms with Crippen molar-refractivity contribution in [3.63, 3.8) is 0 Å². The van der Waals surface area contributed by atoms with Gasteiger partial charge in [-0.3, -0.25) is 4.79 Å². The number of carbonyl (C=O) groups excluding carboxylic acids is 1. The Hall–Kier alpha value is -0.940. The highest BCUT2D eigenvalue weighted by Gasteiger charge is 2.42. The van der Waals surface area contributed by atoms with Gasteiger partial charge in [-0.2, -0.15) is 11.3 Å². The predicted molar refractivity (Wildman–Crippen MR) is 83.2 cm³/mol. The van der Waals surface area contributed by atoms with Crippen LogP contribution in [0.3, 0.4) is 0 Å². The second-order valence-corrected chi connectivity index (χ2v) is 6.45. The standard InChI is InChI=1S/C14H20N2OS2/c1-10-8-19-9-11(10)7-16-13(17)14(12(15)18)5-3-2-4-6-14/h8-9H,2-7H2,1H3,(H2,15,18)(H,16,17). The van der Waals surface area contributed by atoms with Gasteiger partial charge in [-0.25, -0.2) is 0 Å². The summed E-state index contributed by atoms with van der Waals surface area (Å²) in [5.41, 5.74) is 7.64. The molecule has 1 saturated carbocycles. The van der Waals surface area contributed by atoms with E-state index < -0.39 is 5.41 Å². The largest absolute Gasteiger partial charge is 0.392 e. The maximum absolute atomic E-state index is 12.5. The third-order valence-electron chi connectivity index (χ3n) is 4.01. The third-order valence-corrected chi connectivity index (χ3v) is 5.32. The minimum atomic E-state index is -0.614. The molecule has 3 nitrogen and oxygen atoms in total. The van der Waals surface area contributed by atoms with Gasteiger partial charge in [0.15, 0.2) is 0 Å². The molecule has 19 heavy (non-hydrogen) atoms. The number of rotatable bonds is 4. The van der Waals surface area contributed by atoms with E-state index in [1.54, 1.807) is 11.3 Å². The molecule has 0 saturated heterocycles. The Morgan fingerprint density at radius 1 is 1.42 bits per heavy atom. The lowest BCUT2D eigenvalue weighted by Crippen LogP contribution is -2.49. The van der Waals surface area contributed by atoms with Crippen LogP contribution in [0.4, 0.5) is 0 Å². The van der Waals surface area contributed by atoms with E-state index in [0.717, 1.165) is 25.7 Å². The Bertz CT molecular complexity index is 476. The van der Waals surface area contributed by atoms with E-state index in [0.29, 0.717) is 11.5 Å². The number of carbonyl (C=O) groups is 1. The lowest BCUT2D eigenvalue weighted by atomic mass is 9.73. The lowest BCUT2D eigenvalue weighted by Gasteiger charge is -2.34. The van der Waals surface area contributed by atoms with Crippen molar-refractivity contribution in [2.24, 2.45) is 11.1 Å². The molecule has 5 heteroatoms. The number of nitrogens with two attached hydrogens (primary N) is 1. The van der Waals surface area contributed by atoms with E-state index >= 15 is 0 Å². The fourth-order valence-corrected chi connectivity index (χ4v) is 3.81. The fourth-order valence-electron chi connectivity index (χ4n) is 2.65. The highest BCUT2D eigenvalue weighted by atomic mass is 32.1. The molecule has 1 aliphatic carbocycles.